The maximum absolute atomic E-state index is 12.2. The molecule has 0 atom stereocenters. The van der Waals surface area contributed by atoms with Gasteiger partial charge in [0.25, 0.3) is 5.91 Å². The molecule has 1 aromatic carbocycles. The summed E-state index contributed by atoms with van der Waals surface area (Å²) in [6.45, 7) is 5.65. The highest BCUT2D eigenvalue weighted by Crippen LogP contribution is 2.18. The molecule has 0 aliphatic rings. The predicted octanol–water partition coefficient (Wildman–Crippen LogP) is 2.07. The molecule has 2 N–H and O–H groups in total. The summed E-state index contributed by atoms with van der Waals surface area (Å²) < 4.78 is 1.15. The van der Waals surface area contributed by atoms with Crippen molar-refractivity contribution < 1.29 is 14.7 Å². The topological polar surface area (TPSA) is 87.5 Å². The number of carbonyl (C=O) groups is 2. The Hall–Kier alpha value is -2.83. The van der Waals surface area contributed by atoms with Gasteiger partial charge in [0.2, 0.25) is 0 Å². The standard InChI is InChI=1S/C16H20N4O3/c1-3-19(4-2)13-7-5-12(6-8-13)18-16(23)14-9-10-17-20(14)11-15(21)22/h5-10H,3-4,11H2,1-2H3,(H,18,23)(H,21,22). The molecule has 122 valence electrons. The molecule has 7 nitrogen and oxygen atoms in total. The molecule has 0 radical (unpaired) electrons. The van der Waals surface area contributed by atoms with Gasteiger partial charge < -0.3 is 15.3 Å². The van der Waals surface area contributed by atoms with Crippen LogP contribution < -0.4 is 10.2 Å². The molecule has 0 fully saturated rings. The number of nitrogens with zero attached hydrogens (tertiary/aromatic N) is 3. The van der Waals surface area contributed by atoms with E-state index in [2.05, 4.69) is 29.2 Å². The van der Waals surface area contributed by atoms with E-state index in [9.17, 15) is 9.59 Å². The molecular weight excluding hydrogens is 296 g/mol. The van der Waals surface area contributed by atoms with E-state index in [-0.39, 0.29) is 18.1 Å². The van der Waals surface area contributed by atoms with E-state index in [4.69, 9.17) is 5.11 Å². The van der Waals surface area contributed by atoms with Gasteiger partial charge in [-0.3, -0.25) is 9.59 Å². The Kier molecular flexibility index (Phi) is 5.35. The summed E-state index contributed by atoms with van der Waals surface area (Å²) in [5.74, 6) is -1.44. The normalized spacial score (nSPS) is 10.3. The first-order chi connectivity index (χ1) is 11.0. The molecular formula is C16H20N4O3. The highest BCUT2D eigenvalue weighted by Gasteiger charge is 2.14. The summed E-state index contributed by atoms with van der Waals surface area (Å²) in [5.41, 5.74) is 1.94. The lowest BCUT2D eigenvalue weighted by atomic mass is 10.2. The van der Waals surface area contributed by atoms with Crippen LogP contribution >= 0.6 is 0 Å². The molecule has 1 heterocycles. The number of aliphatic carboxylic acids is 1. The van der Waals surface area contributed by atoms with E-state index in [1.165, 1.54) is 12.3 Å². The Balaban J connectivity index is 2.09. The molecule has 0 saturated heterocycles. The average molecular weight is 316 g/mol. The number of amides is 1. The number of carboxylic acids is 1. The maximum Gasteiger partial charge on any atom is 0.325 e. The van der Waals surface area contributed by atoms with E-state index in [1.54, 1.807) is 0 Å². The van der Waals surface area contributed by atoms with Gasteiger partial charge in [0.05, 0.1) is 0 Å². The monoisotopic (exact) mass is 316 g/mol. The molecule has 0 unspecified atom stereocenters. The summed E-state index contributed by atoms with van der Waals surface area (Å²) in [6, 6.07) is 9.02. The first kappa shape index (κ1) is 16.5. The number of hydrogen-bond acceptors (Lipinski definition) is 4. The predicted molar refractivity (Wildman–Crippen MR) is 87.8 cm³/mol. The summed E-state index contributed by atoms with van der Waals surface area (Å²) in [6.07, 6.45) is 1.40. The van der Waals surface area contributed by atoms with Gasteiger partial charge in [-0.2, -0.15) is 5.10 Å². The second-order valence-electron chi connectivity index (χ2n) is 4.94. The fourth-order valence-electron chi connectivity index (χ4n) is 2.32. The molecule has 1 amide bonds. The molecule has 0 saturated carbocycles. The van der Waals surface area contributed by atoms with Crippen molar-refractivity contribution in [2.75, 3.05) is 23.3 Å². The van der Waals surface area contributed by atoms with Crippen molar-refractivity contribution in [1.29, 1.82) is 0 Å². The van der Waals surface area contributed by atoms with Crippen molar-refractivity contribution in [1.82, 2.24) is 9.78 Å². The van der Waals surface area contributed by atoms with Crippen LogP contribution in [0.1, 0.15) is 24.3 Å². The maximum atomic E-state index is 12.2. The van der Waals surface area contributed by atoms with Crippen LogP contribution in [0.15, 0.2) is 36.5 Å². The Labute approximate surface area is 134 Å². The highest BCUT2D eigenvalue weighted by molar-refractivity contribution is 6.03. The summed E-state index contributed by atoms with van der Waals surface area (Å²) in [5, 5.41) is 15.4. The molecule has 23 heavy (non-hydrogen) atoms. The lowest BCUT2D eigenvalue weighted by molar-refractivity contribution is -0.137. The van der Waals surface area contributed by atoms with Crippen LogP contribution in [0.4, 0.5) is 11.4 Å². The van der Waals surface area contributed by atoms with Crippen molar-refractivity contribution in [3.05, 3.63) is 42.2 Å². The Bertz CT molecular complexity index is 675. The second-order valence-corrected chi connectivity index (χ2v) is 4.94. The highest BCUT2D eigenvalue weighted by atomic mass is 16.4. The van der Waals surface area contributed by atoms with Crippen LogP contribution in [0.5, 0.6) is 0 Å². The minimum absolute atomic E-state index is 0.209. The minimum atomic E-state index is -1.05. The van der Waals surface area contributed by atoms with E-state index in [1.807, 2.05) is 24.3 Å². The number of nitrogens with one attached hydrogen (secondary N) is 1. The molecule has 2 aromatic rings. The number of carbonyl (C=O) groups excluding carboxylic acids is 1. The number of carboxylic acid groups (broad SMARTS) is 1. The van der Waals surface area contributed by atoms with Gasteiger partial charge in [0.15, 0.2) is 0 Å². The fraction of sp³-hybridized carbons (Fsp3) is 0.312. The van der Waals surface area contributed by atoms with Crippen LogP contribution in [0.25, 0.3) is 0 Å². The third-order valence-corrected chi connectivity index (χ3v) is 3.49. The third-order valence-electron chi connectivity index (χ3n) is 3.49. The van der Waals surface area contributed by atoms with Crippen molar-refractivity contribution in [3.63, 3.8) is 0 Å². The zero-order chi connectivity index (χ0) is 16.8. The van der Waals surface area contributed by atoms with Gasteiger partial charge in [-0.05, 0) is 44.2 Å². The first-order valence-corrected chi connectivity index (χ1v) is 7.45. The Morgan fingerprint density at radius 3 is 2.39 bits per heavy atom. The van der Waals surface area contributed by atoms with Crippen LogP contribution in [0.2, 0.25) is 0 Å². The fourth-order valence-corrected chi connectivity index (χ4v) is 2.32. The number of anilines is 2. The lowest BCUT2D eigenvalue weighted by Gasteiger charge is -2.21. The number of hydrogen-bond donors (Lipinski definition) is 2. The SMILES string of the molecule is CCN(CC)c1ccc(NC(=O)c2ccnn2CC(=O)O)cc1. The van der Waals surface area contributed by atoms with Gasteiger partial charge in [-0.25, -0.2) is 4.68 Å². The van der Waals surface area contributed by atoms with E-state index < -0.39 is 5.97 Å². The van der Waals surface area contributed by atoms with Gasteiger partial charge in [-0.1, -0.05) is 0 Å². The van der Waals surface area contributed by atoms with E-state index >= 15 is 0 Å². The van der Waals surface area contributed by atoms with Crippen molar-refractivity contribution in [2.24, 2.45) is 0 Å². The summed E-state index contributed by atoms with van der Waals surface area (Å²) in [7, 11) is 0. The van der Waals surface area contributed by atoms with Crippen molar-refractivity contribution in [3.8, 4) is 0 Å². The van der Waals surface area contributed by atoms with Gasteiger partial charge in [0, 0.05) is 30.7 Å². The molecule has 0 bridgehead atoms. The molecule has 0 aliphatic carbocycles. The average Bonchev–Trinajstić information content (AvgIpc) is 2.97. The first-order valence-electron chi connectivity index (χ1n) is 7.45. The second kappa shape index (κ2) is 7.44. The number of benzene rings is 1. The molecule has 7 heteroatoms. The number of aromatic nitrogens is 2. The van der Waals surface area contributed by atoms with Gasteiger partial charge in [0.1, 0.15) is 12.2 Å². The quantitative estimate of drug-likeness (QED) is 0.816. The minimum Gasteiger partial charge on any atom is -0.480 e. The Morgan fingerprint density at radius 1 is 1.17 bits per heavy atom. The summed E-state index contributed by atoms with van der Waals surface area (Å²) >= 11 is 0. The van der Waals surface area contributed by atoms with Crippen molar-refractivity contribution >= 4 is 23.3 Å². The smallest absolute Gasteiger partial charge is 0.325 e. The van der Waals surface area contributed by atoms with Crippen LogP contribution in [-0.4, -0.2) is 39.9 Å². The molecule has 0 aliphatic heterocycles. The van der Waals surface area contributed by atoms with Crippen LogP contribution in [-0.2, 0) is 11.3 Å². The number of rotatable bonds is 7. The summed E-state index contributed by atoms with van der Waals surface area (Å²) in [4.78, 5) is 25.2. The molecule has 2 rings (SSSR count). The zero-order valence-electron chi connectivity index (χ0n) is 13.2. The van der Waals surface area contributed by atoms with E-state index in [0.29, 0.717) is 5.69 Å². The van der Waals surface area contributed by atoms with Gasteiger partial charge in [-0.15, -0.1) is 0 Å². The zero-order valence-corrected chi connectivity index (χ0v) is 13.2. The molecule has 0 spiro atoms. The molecule has 1 aromatic heterocycles. The van der Waals surface area contributed by atoms with Crippen LogP contribution in [0.3, 0.4) is 0 Å². The van der Waals surface area contributed by atoms with Crippen molar-refractivity contribution in [2.45, 2.75) is 20.4 Å². The van der Waals surface area contributed by atoms with Crippen LogP contribution in [0, 0.1) is 0 Å². The van der Waals surface area contributed by atoms with E-state index in [0.717, 1.165) is 23.5 Å². The third kappa shape index (κ3) is 4.09. The lowest BCUT2D eigenvalue weighted by Crippen LogP contribution is -2.22. The Morgan fingerprint density at radius 2 is 1.83 bits per heavy atom. The van der Waals surface area contributed by atoms with Gasteiger partial charge >= 0.3 is 5.97 Å². The largest absolute Gasteiger partial charge is 0.480 e.